The first-order valence-corrected chi connectivity index (χ1v) is 9.89. The van der Waals surface area contributed by atoms with Crippen molar-refractivity contribution in [2.45, 2.75) is 32.0 Å². The fourth-order valence-corrected chi connectivity index (χ4v) is 4.25. The minimum Gasteiger partial charge on any atom is -0.369 e. The number of nitrogens with zero attached hydrogens (tertiary/aromatic N) is 4. The quantitative estimate of drug-likeness (QED) is 0.562. The Labute approximate surface area is 185 Å². The number of guanidine groups is 1. The maximum Gasteiger partial charge on any atom is 0.419 e. The van der Waals surface area contributed by atoms with E-state index in [1.807, 2.05) is 0 Å². The van der Waals surface area contributed by atoms with Crippen LogP contribution in [0.3, 0.4) is 0 Å². The number of nitrogens with two attached hydrogens (primary N) is 1. The van der Waals surface area contributed by atoms with E-state index in [1.165, 1.54) is 38.2 Å². The number of carbonyl (C=O) groups is 1. The van der Waals surface area contributed by atoms with Gasteiger partial charge in [0.15, 0.2) is 11.8 Å². The van der Waals surface area contributed by atoms with Crippen LogP contribution in [0.4, 0.5) is 17.6 Å². The second-order valence-corrected chi connectivity index (χ2v) is 8.20. The number of aliphatic imine (C=N–C) groups is 1. The lowest BCUT2D eigenvalue weighted by molar-refractivity contribution is -0.136. The van der Waals surface area contributed by atoms with Crippen molar-refractivity contribution in [3.63, 3.8) is 0 Å². The van der Waals surface area contributed by atoms with Gasteiger partial charge in [-0.15, -0.1) is 0 Å². The molecule has 0 saturated carbocycles. The van der Waals surface area contributed by atoms with Gasteiger partial charge < -0.3 is 5.73 Å². The summed E-state index contributed by atoms with van der Waals surface area (Å²) in [5, 5.41) is -0.520. The highest BCUT2D eigenvalue weighted by Gasteiger charge is 2.40. The zero-order chi connectivity index (χ0) is 23.6. The van der Waals surface area contributed by atoms with Crippen LogP contribution in [0.15, 0.2) is 35.3 Å². The number of carbonyl (C=O) groups excluding carboxylic acids is 1. The Morgan fingerprint density at radius 3 is 2.53 bits per heavy atom. The Morgan fingerprint density at radius 2 is 1.91 bits per heavy atom. The van der Waals surface area contributed by atoms with Gasteiger partial charge in [-0.1, -0.05) is 23.7 Å². The van der Waals surface area contributed by atoms with E-state index >= 15 is 4.39 Å². The summed E-state index contributed by atoms with van der Waals surface area (Å²) in [7, 11) is 1.46. The lowest BCUT2D eigenvalue weighted by Gasteiger charge is -2.34. The second-order valence-electron chi connectivity index (χ2n) is 7.79. The van der Waals surface area contributed by atoms with Crippen LogP contribution in [-0.4, -0.2) is 33.4 Å². The molecule has 0 radical (unpaired) electrons. The average Bonchev–Trinajstić information content (AvgIpc) is 3.00. The van der Waals surface area contributed by atoms with Gasteiger partial charge in [0.1, 0.15) is 11.4 Å². The monoisotopic (exact) mass is 467 g/mol. The Balaban J connectivity index is 2.01. The highest BCUT2D eigenvalue weighted by Crippen LogP contribution is 2.42. The highest BCUT2D eigenvalue weighted by molar-refractivity contribution is 6.32. The number of halogens is 5. The third-order valence-corrected chi connectivity index (χ3v) is 5.91. The van der Waals surface area contributed by atoms with Gasteiger partial charge >= 0.3 is 6.18 Å². The predicted octanol–water partition coefficient (Wildman–Crippen LogP) is 4.54. The molecule has 1 aromatic heterocycles. The third kappa shape index (κ3) is 3.29. The van der Waals surface area contributed by atoms with E-state index in [4.69, 9.17) is 17.3 Å². The van der Waals surface area contributed by atoms with Crippen LogP contribution in [-0.2, 0) is 16.5 Å². The average molecular weight is 468 g/mol. The van der Waals surface area contributed by atoms with Gasteiger partial charge in [-0.2, -0.15) is 13.2 Å². The molecule has 1 amide bonds. The molecule has 3 aromatic rings. The van der Waals surface area contributed by atoms with E-state index in [0.29, 0.717) is 0 Å². The van der Waals surface area contributed by atoms with Gasteiger partial charge in [0.2, 0.25) is 5.91 Å². The summed E-state index contributed by atoms with van der Waals surface area (Å²) >= 11 is 5.89. The number of amides is 1. The Bertz CT molecular complexity index is 1300. The van der Waals surface area contributed by atoms with Crippen molar-refractivity contribution in [3.8, 4) is 5.69 Å². The number of hydrogen-bond acceptors (Lipinski definition) is 4. The number of imidazole rings is 1. The van der Waals surface area contributed by atoms with E-state index < -0.39 is 28.1 Å². The first kappa shape index (κ1) is 22.1. The molecule has 0 aliphatic carbocycles. The fourth-order valence-electron chi connectivity index (χ4n) is 3.99. The summed E-state index contributed by atoms with van der Waals surface area (Å²) in [4.78, 5) is 21.9. The van der Waals surface area contributed by atoms with Crippen LogP contribution in [0, 0.1) is 12.7 Å². The molecule has 2 heterocycles. The largest absolute Gasteiger partial charge is 0.419 e. The second kappa shape index (κ2) is 7.19. The van der Waals surface area contributed by atoms with Gasteiger partial charge in [-0.3, -0.25) is 14.3 Å². The minimum atomic E-state index is -4.79. The van der Waals surface area contributed by atoms with Crippen molar-refractivity contribution < 1.29 is 22.4 Å². The van der Waals surface area contributed by atoms with Crippen LogP contribution in [0.5, 0.6) is 0 Å². The zero-order valence-corrected chi connectivity index (χ0v) is 18.0. The molecule has 32 heavy (non-hydrogen) atoms. The molecular formula is C21H18ClF4N5O. The molecule has 2 aromatic carbocycles. The number of benzene rings is 2. The van der Waals surface area contributed by atoms with E-state index in [0.717, 1.165) is 15.5 Å². The van der Waals surface area contributed by atoms with E-state index in [1.54, 1.807) is 6.92 Å². The van der Waals surface area contributed by atoms with Crippen LogP contribution in [0.2, 0.25) is 5.02 Å². The normalized spacial score (nSPS) is 19.6. The summed E-state index contributed by atoms with van der Waals surface area (Å²) in [6.45, 7) is 3.01. The van der Waals surface area contributed by atoms with Crippen LogP contribution in [0.1, 0.15) is 30.3 Å². The van der Waals surface area contributed by atoms with Crippen molar-refractivity contribution in [2.75, 3.05) is 7.05 Å². The van der Waals surface area contributed by atoms with Gasteiger partial charge in [-0.25, -0.2) is 14.4 Å². The number of alkyl halides is 3. The number of aryl methyl sites for hydroxylation is 1. The maximum atomic E-state index is 15.9. The Morgan fingerprint density at radius 1 is 1.22 bits per heavy atom. The maximum absolute atomic E-state index is 15.9. The molecule has 168 valence electrons. The lowest BCUT2D eigenvalue weighted by Crippen LogP contribution is -2.47. The molecule has 2 N–H and O–H groups in total. The molecule has 4 rings (SSSR count). The molecule has 1 atom stereocenters. The SMILES string of the molecule is Cc1nc2ccc(Cl)c(C(F)(F)F)c2n1-c1cccc([C@]2(C)CC(=O)N(C)C(N)=N2)c1F. The van der Waals surface area contributed by atoms with Gasteiger partial charge in [0.05, 0.1) is 33.7 Å². The Hall–Kier alpha value is -3.14. The van der Waals surface area contributed by atoms with Gasteiger partial charge in [-0.05, 0) is 32.0 Å². The van der Waals surface area contributed by atoms with Crippen molar-refractivity contribution in [2.24, 2.45) is 10.7 Å². The molecule has 0 spiro atoms. The highest BCUT2D eigenvalue weighted by atomic mass is 35.5. The molecule has 0 fully saturated rings. The van der Waals surface area contributed by atoms with Crippen LogP contribution < -0.4 is 5.73 Å². The molecule has 11 heteroatoms. The topological polar surface area (TPSA) is 76.5 Å². The number of fused-ring (bicyclic) bond motifs is 1. The number of hydrogen-bond donors (Lipinski definition) is 1. The van der Waals surface area contributed by atoms with E-state index in [2.05, 4.69) is 9.98 Å². The minimum absolute atomic E-state index is 0.0203. The molecule has 0 saturated heterocycles. The standard InChI is InChI=1S/C21H18ClF4N5O/c1-10-28-13-8-7-12(22)16(21(24,25)26)18(13)31(10)14-6-4-5-11(17(14)23)20(2)9-15(32)30(3)19(27)29-20/h4-8H,9H2,1-3H3,(H2,27,29)/t20-/m0/s1. The first-order chi connectivity index (χ1) is 14.8. The van der Waals surface area contributed by atoms with Crippen molar-refractivity contribution in [1.82, 2.24) is 14.5 Å². The van der Waals surface area contributed by atoms with Crippen molar-refractivity contribution in [1.29, 1.82) is 0 Å². The summed E-state index contributed by atoms with van der Waals surface area (Å²) in [6.07, 6.45) is -4.95. The molecule has 1 aliphatic rings. The summed E-state index contributed by atoms with van der Waals surface area (Å²) in [5.41, 5.74) is 2.91. The summed E-state index contributed by atoms with van der Waals surface area (Å²) < 4.78 is 58.5. The molecular weight excluding hydrogens is 450 g/mol. The first-order valence-electron chi connectivity index (χ1n) is 9.51. The van der Waals surface area contributed by atoms with E-state index in [9.17, 15) is 18.0 Å². The predicted molar refractivity (Wildman–Crippen MR) is 112 cm³/mol. The fraction of sp³-hybridized carbons (Fsp3) is 0.286. The van der Waals surface area contributed by atoms with Crippen LogP contribution >= 0.6 is 11.6 Å². The smallest absolute Gasteiger partial charge is 0.369 e. The molecule has 0 bridgehead atoms. The molecule has 6 nitrogen and oxygen atoms in total. The van der Waals surface area contributed by atoms with Crippen LogP contribution in [0.25, 0.3) is 16.7 Å². The zero-order valence-electron chi connectivity index (χ0n) is 17.3. The van der Waals surface area contributed by atoms with E-state index in [-0.39, 0.29) is 46.4 Å². The molecule has 1 aliphatic heterocycles. The lowest BCUT2D eigenvalue weighted by atomic mass is 9.87. The van der Waals surface area contributed by atoms with Gasteiger partial charge in [0, 0.05) is 12.6 Å². The Kier molecular flexibility index (Phi) is 4.96. The third-order valence-electron chi connectivity index (χ3n) is 5.59. The molecule has 0 unspecified atom stereocenters. The van der Waals surface area contributed by atoms with Crippen molar-refractivity contribution >= 4 is 34.5 Å². The summed E-state index contributed by atoms with van der Waals surface area (Å²) in [5.74, 6) is -1.14. The summed E-state index contributed by atoms with van der Waals surface area (Å²) in [6, 6.07) is 6.71. The number of rotatable bonds is 2. The van der Waals surface area contributed by atoms with Gasteiger partial charge in [0.25, 0.3) is 0 Å². The number of aromatic nitrogens is 2. The van der Waals surface area contributed by atoms with Crippen molar-refractivity contribution in [3.05, 3.63) is 58.1 Å².